The number of hydrogen-bond acceptors (Lipinski definition) is 3. The number of hydrogen-bond donors (Lipinski definition) is 1. The maximum absolute atomic E-state index is 12.4. The van der Waals surface area contributed by atoms with E-state index in [2.05, 4.69) is 0 Å². The summed E-state index contributed by atoms with van der Waals surface area (Å²) in [4.78, 5) is 1.71. The Kier molecular flexibility index (Phi) is 6.63. The van der Waals surface area contributed by atoms with Crippen LogP contribution in [0.5, 0.6) is 0 Å². The van der Waals surface area contributed by atoms with E-state index in [9.17, 15) is 13.2 Å². The van der Waals surface area contributed by atoms with Crippen LogP contribution in [0.1, 0.15) is 6.92 Å². The molecule has 2 N–H and O–H groups in total. The summed E-state index contributed by atoms with van der Waals surface area (Å²) in [6.07, 6.45) is -2.25. The van der Waals surface area contributed by atoms with Crippen LogP contribution >= 0.6 is 11.8 Å². The van der Waals surface area contributed by atoms with Crippen LogP contribution in [0.3, 0.4) is 0 Å². The van der Waals surface area contributed by atoms with Gasteiger partial charge in [0.15, 0.2) is 0 Å². The molecule has 0 aromatic rings. The molecule has 92 valence electrons. The van der Waals surface area contributed by atoms with E-state index >= 15 is 0 Å². The maximum Gasteiger partial charge on any atom is 0.394 e. The molecule has 0 saturated heterocycles. The zero-order valence-corrected chi connectivity index (χ0v) is 10.2. The minimum absolute atomic E-state index is 0.0261. The quantitative estimate of drug-likeness (QED) is 0.772. The van der Waals surface area contributed by atoms with Crippen molar-refractivity contribution >= 4 is 11.8 Å². The Morgan fingerprint density at radius 2 is 1.93 bits per heavy atom. The van der Waals surface area contributed by atoms with E-state index in [-0.39, 0.29) is 19.1 Å². The Bertz CT molecular complexity index is 175. The van der Waals surface area contributed by atoms with Gasteiger partial charge in [0.05, 0.1) is 5.92 Å². The highest BCUT2D eigenvalue weighted by molar-refractivity contribution is 7.98. The van der Waals surface area contributed by atoms with Crippen LogP contribution in [0, 0.1) is 5.92 Å². The number of nitrogens with zero attached hydrogens (tertiary/aromatic N) is 1. The van der Waals surface area contributed by atoms with Gasteiger partial charge in [0.2, 0.25) is 0 Å². The van der Waals surface area contributed by atoms with Crippen LogP contribution in [0.15, 0.2) is 0 Å². The van der Waals surface area contributed by atoms with Crippen molar-refractivity contribution in [2.75, 3.05) is 32.1 Å². The van der Waals surface area contributed by atoms with Crippen LogP contribution in [0.4, 0.5) is 13.2 Å². The lowest BCUT2D eigenvalue weighted by Gasteiger charge is -2.29. The zero-order chi connectivity index (χ0) is 12.1. The molecular weight excluding hydrogens is 225 g/mol. The third-order valence-corrected chi connectivity index (χ3v) is 3.23. The smallest absolute Gasteiger partial charge is 0.330 e. The van der Waals surface area contributed by atoms with Gasteiger partial charge in [0, 0.05) is 24.9 Å². The van der Waals surface area contributed by atoms with Crippen LogP contribution in [0.2, 0.25) is 0 Å². The molecule has 0 bridgehead atoms. The molecule has 2 nitrogen and oxygen atoms in total. The fourth-order valence-electron chi connectivity index (χ4n) is 1.21. The molecule has 6 heteroatoms. The Labute approximate surface area is 93.4 Å². The van der Waals surface area contributed by atoms with Gasteiger partial charge in [0.25, 0.3) is 0 Å². The highest BCUT2D eigenvalue weighted by Crippen LogP contribution is 2.26. The van der Waals surface area contributed by atoms with E-state index in [1.165, 1.54) is 0 Å². The first-order valence-electron chi connectivity index (χ1n) is 4.78. The summed E-state index contributed by atoms with van der Waals surface area (Å²) in [5, 5.41) is 0. The lowest BCUT2D eigenvalue weighted by Crippen LogP contribution is -2.43. The van der Waals surface area contributed by atoms with Gasteiger partial charge >= 0.3 is 6.18 Å². The first-order valence-corrected chi connectivity index (χ1v) is 6.18. The summed E-state index contributed by atoms with van der Waals surface area (Å²) >= 11 is 1.63. The van der Waals surface area contributed by atoms with Gasteiger partial charge in [-0.3, -0.25) is 0 Å². The first-order chi connectivity index (χ1) is 6.82. The zero-order valence-electron chi connectivity index (χ0n) is 9.34. The van der Waals surface area contributed by atoms with Gasteiger partial charge < -0.3 is 10.6 Å². The molecule has 0 radical (unpaired) electrons. The lowest BCUT2D eigenvalue weighted by atomic mass is 10.1. The number of halogens is 3. The molecule has 0 aliphatic heterocycles. The van der Waals surface area contributed by atoms with Crippen molar-refractivity contribution in [3.8, 4) is 0 Å². The fourth-order valence-corrected chi connectivity index (χ4v) is 1.94. The van der Waals surface area contributed by atoms with Gasteiger partial charge in [-0.05, 0) is 20.2 Å². The number of nitrogens with two attached hydrogens (primary N) is 1. The average Bonchev–Trinajstić information content (AvgIpc) is 2.12. The molecule has 2 atom stereocenters. The van der Waals surface area contributed by atoms with Crippen molar-refractivity contribution < 1.29 is 13.2 Å². The van der Waals surface area contributed by atoms with E-state index < -0.39 is 12.1 Å². The maximum atomic E-state index is 12.4. The Hall–Kier alpha value is 0.0600. The molecule has 15 heavy (non-hydrogen) atoms. The van der Waals surface area contributed by atoms with Crippen molar-refractivity contribution in [3.63, 3.8) is 0 Å². The van der Waals surface area contributed by atoms with Crippen LogP contribution < -0.4 is 5.73 Å². The first kappa shape index (κ1) is 15.1. The van der Waals surface area contributed by atoms with E-state index in [0.29, 0.717) is 0 Å². The summed E-state index contributed by atoms with van der Waals surface area (Å²) in [5.41, 5.74) is 5.13. The molecule has 0 spiro atoms. The van der Waals surface area contributed by atoms with Crippen molar-refractivity contribution in [1.29, 1.82) is 0 Å². The SMILES string of the molecule is CSCC(C)N(C)CC(CN)C(F)(F)F. The highest BCUT2D eigenvalue weighted by atomic mass is 32.2. The van der Waals surface area contributed by atoms with Gasteiger partial charge in [-0.25, -0.2) is 0 Å². The van der Waals surface area contributed by atoms with Gasteiger partial charge in [-0.2, -0.15) is 24.9 Å². The van der Waals surface area contributed by atoms with Crippen LogP contribution in [-0.4, -0.2) is 49.3 Å². The largest absolute Gasteiger partial charge is 0.394 e. The van der Waals surface area contributed by atoms with Gasteiger partial charge in [0.1, 0.15) is 0 Å². The minimum Gasteiger partial charge on any atom is -0.330 e. The number of alkyl halides is 3. The molecule has 0 fully saturated rings. The molecular formula is C9H19F3N2S. The summed E-state index contributed by atoms with van der Waals surface area (Å²) in [6.45, 7) is 1.54. The third kappa shape index (κ3) is 5.63. The standard InChI is InChI=1S/C9H19F3N2S/c1-7(6-15-3)14(2)5-8(4-13)9(10,11)12/h7-8H,4-6,13H2,1-3H3. The highest BCUT2D eigenvalue weighted by Gasteiger charge is 2.39. The van der Waals surface area contributed by atoms with Crippen LogP contribution in [-0.2, 0) is 0 Å². The monoisotopic (exact) mass is 244 g/mol. The molecule has 0 aliphatic rings. The van der Waals surface area contributed by atoms with Gasteiger partial charge in [-0.1, -0.05) is 0 Å². The topological polar surface area (TPSA) is 29.3 Å². The number of thioether (sulfide) groups is 1. The van der Waals surface area contributed by atoms with E-state index in [1.807, 2.05) is 13.2 Å². The molecule has 0 saturated carbocycles. The second-order valence-electron chi connectivity index (χ2n) is 3.72. The molecule has 0 heterocycles. The summed E-state index contributed by atoms with van der Waals surface area (Å²) in [6, 6.07) is 0.136. The van der Waals surface area contributed by atoms with Crippen molar-refractivity contribution in [2.24, 2.45) is 11.7 Å². The van der Waals surface area contributed by atoms with Crippen molar-refractivity contribution in [3.05, 3.63) is 0 Å². The van der Waals surface area contributed by atoms with E-state index in [4.69, 9.17) is 5.73 Å². The van der Waals surface area contributed by atoms with E-state index in [1.54, 1.807) is 23.7 Å². The van der Waals surface area contributed by atoms with Gasteiger partial charge in [-0.15, -0.1) is 0 Å². The number of rotatable bonds is 6. The molecule has 0 aromatic heterocycles. The summed E-state index contributed by atoms with van der Waals surface area (Å²) in [5.74, 6) is -0.599. The summed E-state index contributed by atoms with van der Waals surface area (Å²) in [7, 11) is 1.70. The molecule has 2 unspecified atom stereocenters. The second kappa shape index (κ2) is 6.60. The van der Waals surface area contributed by atoms with Crippen molar-refractivity contribution in [2.45, 2.75) is 19.1 Å². The molecule has 0 aromatic carbocycles. The molecule has 0 aliphatic carbocycles. The van der Waals surface area contributed by atoms with Crippen LogP contribution in [0.25, 0.3) is 0 Å². The molecule has 0 rings (SSSR count). The Balaban J connectivity index is 4.18. The fraction of sp³-hybridized carbons (Fsp3) is 1.00. The Morgan fingerprint density at radius 3 is 2.27 bits per heavy atom. The predicted octanol–water partition coefficient (Wildman–Crippen LogP) is 1.81. The average molecular weight is 244 g/mol. The lowest BCUT2D eigenvalue weighted by molar-refractivity contribution is -0.176. The Morgan fingerprint density at radius 1 is 1.40 bits per heavy atom. The summed E-state index contributed by atoms with van der Waals surface area (Å²) < 4.78 is 37.3. The predicted molar refractivity (Wildman–Crippen MR) is 59.1 cm³/mol. The van der Waals surface area contributed by atoms with E-state index in [0.717, 1.165) is 5.75 Å². The minimum atomic E-state index is -4.19. The molecule has 0 amide bonds. The third-order valence-electron chi connectivity index (χ3n) is 2.42. The normalized spacial score (nSPS) is 16.8. The second-order valence-corrected chi connectivity index (χ2v) is 4.63. The van der Waals surface area contributed by atoms with Crippen molar-refractivity contribution in [1.82, 2.24) is 4.90 Å².